The topological polar surface area (TPSA) is 91.0 Å². The molecule has 0 spiro atoms. The van der Waals surface area contributed by atoms with Crippen molar-refractivity contribution in [3.63, 3.8) is 0 Å². The van der Waals surface area contributed by atoms with Gasteiger partial charge < -0.3 is 15.3 Å². The highest BCUT2D eigenvalue weighted by atomic mass is 16.6. The Balaban J connectivity index is 2.02. The minimum atomic E-state index is -0.402. The fourth-order valence-corrected chi connectivity index (χ4v) is 2.47. The maximum atomic E-state index is 10.7. The van der Waals surface area contributed by atoms with Gasteiger partial charge in [-0.15, -0.1) is 0 Å². The molecule has 1 aromatic rings. The molecule has 1 fully saturated rings. The maximum absolute atomic E-state index is 10.7. The molecular formula is C16H24N4O3. The molecular weight excluding hydrogens is 296 g/mol. The fraction of sp³-hybridized carbons (Fsp3) is 0.562. The molecule has 126 valence electrons. The number of nitro groups is 1. The van der Waals surface area contributed by atoms with Crippen LogP contribution in [0.1, 0.15) is 31.7 Å². The minimum Gasteiger partial charge on any atom is -0.393 e. The number of nitrogens with one attached hydrogen (secondary N) is 1. The Morgan fingerprint density at radius 2 is 2.04 bits per heavy atom. The van der Waals surface area contributed by atoms with Crippen molar-refractivity contribution in [2.24, 2.45) is 4.99 Å². The molecule has 1 aliphatic heterocycles. The summed E-state index contributed by atoms with van der Waals surface area (Å²) in [5.41, 5.74) is 1.02. The zero-order valence-electron chi connectivity index (χ0n) is 13.4. The van der Waals surface area contributed by atoms with Crippen LogP contribution in [0.25, 0.3) is 0 Å². The summed E-state index contributed by atoms with van der Waals surface area (Å²) in [4.78, 5) is 17.1. The molecule has 7 nitrogen and oxygen atoms in total. The summed E-state index contributed by atoms with van der Waals surface area (Å²) in [5, 5.41) is 23.6. The van der Waals surface area contributed by atoms with E-state index in [1.807, 2.05) is 0 Å². The molecule has 0 aromatic heterocycles. The second kappa shape index (κ2) is 8.47. The zero-order chi connectivity index (χ0) is 16.7. The van der Waals surface area contributed by atoms with Crippen LogP contribution in [0.4, 0.5) is 5.69 Å². The van der Waals surface area contributed by atoms with Crippen molar-refractivity contribution < 1.29 is 10.0 Å². The largest absolute Gasteiger partial charge is 0.393 e. The Morgan fingerprint density at radius 1 is 1.39 bits per heavy atom. The van der Waals surface area contributed by atoms with Gasteiger partial charge in [0, 0.05) is 31.8 Å². The smallest absolute Gasteiger partial charge is 0.269 e. The monoisotopic (exact) mass is 320 g/mol. The molecule has 1 aliphatic rings. The van der Waals surface area contributed by atoms with Gasteiger partial charge in [-0.05, 0) is 24.8 Å². The lowest BCUT2D eigenvalue weighted by atomic mass is 10.1. The number of aliphatic hydroxyl groups is 1. The lowest BCUT2D eigenvalue weighted by Gasteiger charge is -2.32. The predicted octanol–water partition coefficient (Wildman–Crippen LogP) is 1.91. The number of piperidine rings is 1. The third-order valence-corrected chi connectivity index (χ3v) is 3.86. The number of guanidine groups is 1. The van der Waals surface area contributed by atoms with Crippen LogP contribution >= 0.6 is 0 Å². The Hall–Kier alpha value is -2.15. The standard InChI is InChI=1S/C16H24N4O3/c1-2-9-17-16(19-10-7-15(21)8-11-19)18-12-13-3-5-14(6-4-13)20(22)23/h3-6,15,21H,2,7-12H2,1H3,(H,17,18). The number of rotatable bonds is 5. The number of hydrogen-bond donors (Lipinski definition) is 2. The van der Waals surface area contributed by atoms with E-state index in [0.717, 1.165) is 50.4 Å². The van der Waals surface area contributed by atoms with Crippen molar-refractivity contribution >= 4 is 11.6 Å². The number of aliphatic hydroxyl groups excluding tert-OH is 1. The second-order valence-corrected chi connectivity index (χ2v) is 5.71. The molecule has 7 heteroatoms. The predicted molar refractivity (Wildman–Crippen MR) is 89.3 cm³/mol. The van der Waals surface area contributed by atoms with Crippen molar-refractivity contribution in [2.75, 3.05) is 19.6 Å². The van der Waals surface area contributed by atoms with E-state index in [1.54, 1.807) is 12.1 Å². The van der Waals surface area contributed by atoms with E-state index < -0.39 is 4.92 Å². The SMILES string of the molecule is CCCNC(=NCc1ccc([N+](=O)[O-])cc1)N1CCC(O)CC1. The molecule has 0 unspecified atom stereocenters. The first kappa shape index (κ1) is 17.2. The van der Waals surface area contributed by atoms with Crippen LogP contribution in [0.5, 0.6) is 0 Å². The Morgan fingerprint density at radius 3 is 2.61 bits per heavy atom. The lowest BCUT2D eigenvalue weighted by Crippen LogP contribution is -2.46. The highest BCUT2D eigenvalue weighted by Crippen LogP contribution is 2.14. The molecule has 0 saturated carbocycles. The average molecular weight is 320 g/mol. The third-order valence-electron chi connectivity index (χ3n) is 3.86. The summed E-state index contributed by atoms with van der Waals surface area (Å²) in [6.07, 6.45) is 2.30. The normalized spacial score (nSPS) is 16.4. The van der Waals surface area contributed by atoms with Gasteiger partial charge in [0.15, 0.2) is 5.96 Å². The first-order chi connectivity index (χ1) is 11.1. The van der Waals surface area contributed by atoms with Gasteiger partial charge in [0.05, 0.1) is 17.6 Å². The number of nitrogens with zero attached hydrogens (tertiary/aromatic N) is 3. The Labute approximate surface area is 136 Å². The van der Waals surface area contributed by atoms with Crippen molar-refractivity contribution in [3.8, 4) is 0 Å². The quantitative estimate of drug-likeness (QED) is 0.374. The Kier molecular flexibility index (Phi) is 6.34. The lowest BCUT2D eigenvalue weighted by molar-refractivity contribution is -0.384. The molecule has 2 rings (SSSR count). The fourth-order valence-electron chi connectivity index (χ4n) is 2.47. The van der Waals surface area contributed by atoms with Crippen molar-refractivity contribution in [1.82, 2.24) is 10.2 Å². The highest BCUT2D eigenvalue weighted by molar-refractivity contribution is 5.80. The molecule has 23 heavy (non-hydrogen) atoms. The number of hydrogen-bond acceptors (Lipinski definition) is 4. The van der Waals surface area contributed by atoms with Gasteiger partial charge in [-0.3, -0.25) is 10.1 Å². The first-order valence-corrected chi connectivity index (χ1v) is 8.04. The van der Waals surface area contributed by atoms with Gasteiger partial charge in [0.1, 0.15) is 0 Å². The number of benzene rings is 1. The van der Waals surface area contributed by atoms with Gasteiger partial charge in [-0.1, -0.05) is 19.1 Å². The van der Waals surface area contributed by atoms with Crippen molar-refractivity contribution in [2.45, 2.75) is 38.8 Å². The molecule has 1 heterocycles. The van der Waals surface area contributed by atoms with Crippen LogP contribution in [0.15, 0.2) is 29.3 Å². The Bertz CT molecular complexity index is 537. The van der Waals surface area contributed by atoms with Crippen molar-refractivity contribution in [1.29, 1.82) is 0 Å². The highest BCUT2D eigenvalue weighted by Gasteiger charge is 2.19. The molecule has 1 aromatic carbocycles. The molecule has 0 bridgehead atoms. The summed E-state index contributed by atoms with van der Waals surface area (Å²) in [7, 11) is 0. The summed E-state index contributed by atoms with van der Waals surface area (Å²) in [5.74, 6) is 0.845. The molecule has 1 saturated heterocycles. The molecule has 2 N–H and O–H groups in total. The summed E-state index contributed by atoms with van der Waals surface area (Å²) < 4.78 is 0. The maximum Gasteiger partial charge on any atom is 0.269 e. The van der Waals surface area contributed by atoms with Crippen LogP contribution in [0, 0.1) is 10.1 Å². The van der Waals surface area contributed by atoms with Crippen LogP contribution in [-0.2, 0) is 6.54 Å². The third kappa shape index (κ3) is 5.21. The van der Waals surface area contributed by atoms with Crippen LogP contribution in [0.3, 0.4) is 0 Å². The minimum absolute atomic E-state index is 0.0899. The number of nitro benzene ring substituents is 1. The van der Waals surface area contributed by atoms with Crippen LogP contribution < -0.4 is 5.32 Å². The van der Waals surface area contributed by atoms with Crippen molar-refractivity contribution in [3.05, 3.63) is 39.9 Å². The van der Waals surface area contributed by atoms with E-state index in [9.17, 15) is 15.2 Å². The van der Waals surface area contributed by atoms with Gasteiger partial charge >= 0.3 is 0 Å². The molecule has 0 radical (unpaired) electrons. The van der Waals surface area contributed by atoms with Gasteiger partial charge in [-0.25, -0.2) is 4.99 Å². The summed E-state index contributed by atoms with van der Waals surface area (Å²) >= 11 is 0. The van der Waals surface area contributed by atoms with Crippen LogP contribution in [0.2, 0.25) is 0 Å². The van der Waals surface area contributed by atoms with E-state index in [0.29, 0.717) is 6.54 Å². The van der Waals surface area contributed by atoms with E-state index in [1.165, 1.54) is 12.1 Å². The van der Waals surface area contributed by atoms with Crippen LogP contribution in [-0.4, -0.2) is 46.6 Å². The van der Waals surface area contributed by atoms with E-state index in [2.05, 4.69) is 22.1 Å². The van der Waals surface area contributed by atoms with Gasteiger partial charge in [0.2, 0.25) is 0 Å². The van der Waals surface area contributed by atoms with Gasteiger partial charge in [-0.2, -0.15) is 0 Å². The zero-order valence-corrected chi connectivity index (χ0v) is 13.4. The number of likely N-dealkylation sites (tertiary alicyclic amines) is 1. The van der Waals surface area contributed by atoms with E-state index in [4.69, 9.17) is 0 Å². The number of non-ortho nitro benzene ring substituents is 1. The van der Waals surface area contributed by atoms with E-state index in [-0.39, 0.29) is 11.8 Å². The van der Waals surface area contributed by atoms with E-state index >= 15 is 0 Å². The molecule has 0 amide bonds. The molecule has 0 aliphatic carbocycles. The number of aliphatic imine (C=N–C) groups is 1. The summed E-state index contributed by atoms with van der Waals surface area (Å²) in [6, 6.07) is 6.47. The summed E-state index contributed by atoms with van der Waals surface area (Å²) in [6.45, 7) is 5.00. The first-order valence-electron chi connectivity index (χ1n) is 8.04. The second-order valence-electron chi connectivity index (χ2n) is 5.71. The average Bonchev–Trinajstić information content (AvgIpc) is 2.56. The molecule has 0 atom stereocenters. The van der Waals surface area contributed by atoms with Gasteiger partial charge in [0.25, 0.3) is 5.69 Å².